The number of benzene rings is 1. The van der Waals surface area contributed by atoms with Gasteiger partial charge in [-0.05, 0) is 49.6 Å². The predicted molar refractivity (Wildman–Crippen MR) is 74.5 cm³/mol. The van der Waals surface area contributed by atoms with Crippen LogP contribution in [0.25, 0.3) is 5.57 Å². The third-order valence-electron chi connectivity index (χ3n) is 4.54. The molecule has 0 saturated carbocycles. The van der Waals surface area contributed by atoms with Crippen molar-refractivity contribution in [1.82, 2.24) is 4.90 Å². The fourth-order valence-electron chi connectivity index (χ4n) is 3.45. The van der Waals surface area contributed by atoms with E-state index in [-0.39, 0.29) is 17.8 Å². The second-order valence-electron chi connectivity index (χ2n) is 5.51. The van der Waals surface area contributed by atoms with Crippen LogP contribution in [0, 0.1) is 5.82 Å². The number of halogens is 1. The highest BCUT2D eigenvalue weighted by molar-refractivity contribution is 5.99. The molecular formula is C16H18FNO2. The van der Waals surface area contributed by atoms with Gasteiger partial charge in [0.1, 0.15) is 5.82 Å². The van der Waals surface area contributed by atoms with Crippen molar-refractivity contribution in [1.29, 1.82) is 0 Å². The second kappa shape index (κ2) is 5.02. The maximum absolute atomic E-state index is 13.1. The number of ether oxygens (including phenoxy) is 1. The number of likely N-dealkylation sites (N-methyl/N-ethyl adjacent to an activating group) is 1. The van der Waals surface area contributed by atoms with E-state index in [4.69, 9.17) is 4.74 Å². The number of esters is 1. The Bertz CT molecular complexity index is 564. The molecule has 0 unspecified atom stereocenters. The van der Waals surface area contributed by atoms with Crippen LogP contribution in [-0.2, 0) is 9.53 Å². The summed E-state index contributed by atoms with van der Waals surface area (Å²) >= 11 is 0. The minimum atomic E-state index is -0.262. The molecule has 0 N–H and O–H groups in total. The summed E-state index contributed by atoms with van der Waals surface area (Å²) in [5.41, 5.74) is 2.69. The molecule has 0 amide bonds. The Morgan fingerprint density at radius 3 is 2.65 bits per heavy atom. The lowest BCUT2D eigenvalue weighted by atomic mass is 9.88. The average molecular weight is 275 g/mol. The van der Waals surface area contributed by atoms with Crippen molar-refractivity contribution in [3.63, 3.8) is 0 Å². The molecule has 0 aliphatic carbocycles. The lowest BCUT2D eigenvalue weighted by Gasteiger charge is -2.34. The van der Waals surface area contributed by atoms with E-state index in [1.54, 1.807) is 12.1 Å². The van der Waals surface area contributed by atoms with Crippen LogP contribution in [0.1, 0.15) is 24.8 Å². The molecular weight excluding hydrogens is 257 g/mol. The molecule has 106 valence electrons. The predicted octanol–water partition coefficient (Wildman–Crippen LogP) is 2.62. The van der Waals surface area contributed by atoms with Gasteiger partial charge >= 0.3 is 5.97 Å². The van der Waals surface area contributed by atoms with Gasteiger partial charge in [-0.25, -0.2) is 9.18 Å². The molecule has 1 saturated heterocycles. The summed E-state index contributed by atoms with van der Waals surface area (Å²) in [5, 5.41) is 0. The number of fused-ring (bicyclic) bond motifs is 2. The molecule has 2 aliphatic rings. The average Bonchev–Trinajstić information content (AvgIpc) is 2.70. The Morgan fingerprint density at radius 2 is 2.00 bits per heavy atom. The van der Waals surface area contributed by atoms with E-state index in [0.29, 0.717) is 6.04 Å². The molecule has 0 spiro atoms. The van der Waals surface area contributed by atoms with Gasteiger partial charge in [-0.2, -0.15) is 0 Å². The summed E-state index contributed by atoms with van der Waals surface area (Å²) in [4.78, 5) is 14.4. The molecule has 3 rings (SSSR count). The molecule has 0 radical (unpaired) electrons. The van der Waals surface area contributed by atoms with E-state index in [2.05, 4.69) is 11.9 Å². The molecule has 1 aromatic carbocycles. The van der Waals surface area contributed by atoms with Gasteiger partial charge in [0.2, 0.25) is 0 Å². The first kappa shape index (κ1) is 13.3. The molecule has 3 nitrogen and oxygen atoms in total. The van der Waals surface area contributed by atoms with Crippen LogP contribution >= 0.6 is 0 Å². The molecule has 1 fully saturated rings. The number of carbonyl (C=O) groups is 1. The molecule has 2 aliphatic heterocycles. The monoisotopic (exact) mass is 275 g/mol. The topological polar surface area (TPSA) is 29.5 Å². The first-order chi connectivity index (χ1) is 9.61. The van der Waals surface area contributed by atoms with Crippen molar-refractivity contribution in [3.8, 4) is 0 Å². The van der Waals surface area contributed by atoms with Gasteiger partial charge in [-0.3, -0.25) is 4.90 Å². The van der Waals surface area contributed by atoms with E-state index in [0.717, 1.165) is 36.0 Å². The van der Waals surface area contributed by atoms with Gasteiger partial charge in [0.15, 0.2) is 0 Å². The van der Waals surface area contributed by atoms with E-state index >= 15 is 0 Å². The maximum Gasteiger partial charge on any atom is 0.335 e. The van der Waals surface area contributed by atoms with Crippen LogP contribution in [0.2, 0.25) is 0 Å². The van der Waals surface area contributed by atoms with E-state index < -0.39 is 0 Å². The highest BCUT2D eigenvalue weighted by Gasteiger charge is 2.42. The van der Waals surface area contributed by atoms with Crippen molar-refractivity contribution < 1.29 is 13.9 Å². The first-order valence-electron chi connectivity index (χ1n) is 6.91. The van der Waals surface area contributed by atoms with Crippen LogP contribution in [0.3, 0.4) is 0 Å². The van der Waals surface area contributed by atoms with Gasteiger partial charge in [0.05, 0.1) is 12.7 Å². The number of methoxy groups -OCH3 is 1. The first-order valence-corrected chi connectivity index (χ1v) is 6.91. The Balaban J connectivity index is 2.10. The number of rotatable bonds is 2. The number of hydrogen-bond donors (Lipinski definition) is 0. The zero-order valence-corrected chi connectivity index (χ0v) is 11.7. The Morgan fingerprint density at radius 1 is 1.30 bits per heavy atom. The number of carbonyl (C=O) groups excluding carboxylic acids is 1. The third-order valence-corrected chi connectivity index (χ3v) is 4.54. The lowest BCUT2D eigenvalue weighted by Crippen LogP contribution is -2.40. The summed E-state index contributed by atoms with van der Waals surface area (Å²) in [6.07, 6.45) is 2.89. The number of nitrogens with zero attached hydrogens (tertiary/aromatic N) is 1. The van der Waals surface area contributed by atoms with Crippen LogP contribution < -0.4 is 0 Å². The van der Waals surface area contributed by atoms with Crippen LogP contribution in [0.15, 0.2) is 29.8 Å². The smallest absolute Gasteiger partial charge is 0.335 e. The minimum absolute atomic E-state index is 0.126. The Hall–Kier alpha value is -1.68. The summed E-state index contributed by atoms with van der Waals surface area (Å²) < 4.78 is 18.1. The molecule has 4 heteroatoms. The van der Waals surface area contributed by atoms with Crippen LogP contribution in [-0.4, -0.2) is 37.1 Å². The van der Waals surface area contributed by atoms with Crippen molar-refractivity contribution >= 4 is 11.5 Å². The van der Waals surface area contributed by atoms with Crippen LogP contribution in [0.4, 0.5) is 4.39 Å². The zero-order valence-electron chi connectivity index (χ0n) is 11.7. The molecule has 1 aromatic rings. The Labute approximate surface area is 118 Å². The van der Waals surface area contributed by atoms with Crippen molar-refractivity contribution in [2.45, 2.75) is 31.3 Å². The summed E-state index contributed by atoms with van der Waals surface area (Å²) in [5.74, 6) is -0.522. The highest BCUT2D eigenvalue weighted by Crippen LogP contribution is 2.42. The fraction of sp³-hybridized carbons (Fsp3) is 0.438. The van der Waals surface area contributed by atoms with Gasteiger partial charge in [-0.15, -0.1) is 0 Å². The SMILES string of the molecule is COC(=O)C1=C(c2ccc(F)cc2)C[C@@H]2CC[C@H]1N2C. The fourth-order valence-corrected chi connectivity index (χ4v) is 3.45. The van der Waals surface area contributed by atoms with E-state index in [1.165, 1.54) is 19.2 Å². The minimum Gasteiger partial charge on any atom is -0.466 e. The summed E-state index contributed by atoms with van der Waals surface area (Å²) in [6.45, 7) is 0. The van der Waals surface area contributed by atoms with Crippen LogP contribution in [0.5, 0.6) is 0 Å². The standard InChI is InChI=1S/C16H18FNO2/c1-18-12-7-8-14(18)15(16(19)20-2)13(9-12)10-3-5-11(17)6-4-10/h3-6,12,14H,7-9H2,1-2H3/t12-,14+/m0/s1. The molecule has 2 atom stereocenters. The highest BCUT2D eigenvalue weighted by atomic mass is 19.1. The summed E-state index contributed by atoms with van der Waals surface area (Å²) in [6, 6.07) is 6.97. The van der Waals surface area contributed by atoms with Crippen molar-refractivity contribution in [3.05, 3.63) is 41.2 Å². The van der Waals surface area contributed by atoms with Crippen molar-refractivity contribution in [2.75, 3.05) is 14.2 Å². The van der Waals surface area contributed by atoms with Crippen molar-refractivity contribution in [2.24, 2.45) is 0 Å². The zero-order chi connectivity index (χ0) is 14.3. The maximum atomic E-state index is 13.1. The molecule has 2 heterocycles. The van der Waals surface area contributed by atoms with E-state index in [1.807, 2.05) is 0 Å². The van der Waals surface area contributed by atoms with Gasteiger partial charge < -0.3 is 4.74 Å². The largest absolute Gasteiger partial charge is 0.466 e. The van der Waals surface area contributed by atoms with Gasteiger partial charge in [-0.1, -0.05) is 12.1 Å². The molecule has 0 aromatic heterocycles. The summed E-state index contributed by atoms with van der Waals surface area (Å²) in [7, 11) is 3.48. The van der Waals surface area contributed by atoms with E-state index in [9.17, 15) is 9.18 Å². The van der Waals surface area contributed by atoms with Gasteiger partial charge in [0.25, 0.3) is 0 Å². The third kappa shape index (κ3) is 2.04. The van der Waals surface area contributed by atoms with Gasteiger partial charge in [0, 0.05) is 12.1 Å². The lowest BCUT2D eigenvalue weighted by molar-refractivity contribution is -0.136. The Kier molecular flexibility index (Phi) is 3.34. The second-order valence-corrected chi connectivity index (χ2v) is 5.51. The molecule has 20 heavy (non-hydrogen) atoms. The molecule has 2 bridgehead atoms. The number of hydrogen-bond acceptors (Lipinski definition) is 3. The quantitative estimate of drug-likeness (QED) is 0.777. The normalized spacial score (nSPS) is 25.9.